The van der Waals surface area contributed by atoms with Crippen molar-refractivity contribution < 1.29 is 19.2 Å². The number of hydrogen-bond acceptors (Lipinski definition) is 5. The van der Waals surface area contributed by atoms with Gasteiger partial charge in [-0.2, -0.15) is 0 Å². The molecular formula is C17H20N2O5. The van der Waals surface area contributed by atoms with Crippen LogP contribution in [0.1, 0.15) is 42.5 Å². The lowest BCUT2D eigenvalue weighted by atomic mass is 9.97. The molecule has 128 valence electrons. The zero-order chi connectivity index (χ0) is 17.4. The molecule has 0 saturated carbocycles. The molecule has 0 saturated heterocycles. The van der Waals surface area contributed by atoms with Crippen molar-refractivity contribution in [2.45, 2.75) is 32.1 Å². The number of nitrogens with zero attached hydrogens (tertiary/aromatic N) is 1. The number of carbonyl (C=O) groups excluding carboxylic acids is 2. The highest BCUT2D eigenvalue weighted by atomic mass is 16.6. The molecule has 1 amide bonds. The van der Waals surface area contributed by atoms with E-state index in [1.54, 1.807) is 0 Å². The van der Waals surface area contributed by atoms with Crippen LogP contribution in [0, 0.1) is 10.1 Å². The molecule has 1 aromatic carbocycles. The van der Waals surface area contributed by atoms with Crippen molar-refractivity contribution in [3.05, 3.63) is 51.6 Å². The van der Waals surface area contributed by atoms with E-state index < -0.39 is 23.4 Å². The molecule has 0 unspecified atom stereocenters. The number of carbonyl (C=O) groups is 2. The van der Waals surface area contributed by atoms with E-state index in [1.807, 2.05) is 0 Å². The van der Waals surface area contributed by atoms with Crippen LogP contribution in [-0.4, -0.2) is 30.0 Å². The first-order valence-electron chi connectivity index (χ1n) is 7.93. The summed E-state index contributed by atoms with van der Waals surface area (Å²) in [6.45, 7) is 0.0393. The number of rotatable bonds is 7. The normalized spacial score (nSPS) is 13.8. The van der Waals surface area contributed by atoms with Crippen LogP contribution in [0.5, 0.6) is 0 Å². The molecule has 0 aliphatic heterocycles. The predicted octanol–water partition coefficient (Wildman–Crippen LogP) is 2.76. The van der Waals surface area contributed by atoms with Crippen molar-refractivity contribution in [2.24, 2.45) is 0 Å². The molecule has 24 heavy (non-hydrogen) atoms. The number of amides is 1. The second kappa shape index (κ2) is 8.81. The fourth-order valence-corrected chi connectivity index (χ4v) is 2.56. The zero-order valence-electron chi connectivity index (χ0n) is 13.3. The van der Waals surface area contributed by atoms with Gasteiger partial charge in [0.2, 0.25) is 0 Å². The third kappa shape index (κ3) is 5.19. The molecule has 1 aliphatic rings. The van der Waals surface area contributed by atoms with Crippen LogP contribution in [0.3, 0.4) is 0 Å². The maximum Gasteiger partial charge on any atom is 0.345 e. The lowest BCUT2D eigenvalue weighted by Gasteiger charge is -2.13. The molecule has 0 fully saturated rings. The minimum Gasteiger partial charge on any atom is -0.452 e. The van der Waals surface area contributed by atoms with Gasteiger partial charge >= 0.3 is 5.97 Å². The quantitative estimate of drug-likeness (QED) is 0.358. The molecule has 1 aromatic rings. The average molecular weight is 332 g/mol. The monoisotopic (exact) mass is 332 g/mol. The molecule has 0 radical (unpaired) electrons. The summed E-state index contributed by atoms with van der Waals surface area (Å²) in [6, 6.07) is 5.48. The molecule has 0 heterocycles. The molecule has 7 heteroatoms. The summed E-state index contributed by atoms with van der Waals surface area (Å²) in [5, 5.41) is 13.6. The van der Waals surface area contributed by atoms with Crippen LogP contribution in [0.2, 0.25) is 0 Å². The number of ether oxygens (including phenoxy) is 1. The van der Waals surface area contributed by atoms with Crippen molar-refractivity contribution in [3.63, 3.8) is 0 Å². The van der Waals surface area contributed by atoms with Crippen LogP contribution in [-0.2, 0) is 9.53 Å². The Balaban J connectivity index is 1.76. The standard InChI is InChI=1S/C17H20N2O5/c20-16(18-11-10-13-6-2-1-3-7-13)12-24-17(21)14-8-4-5-9-15(14)19(22)23/h4-6,8-9H,1-3,7,10-12H2,(H,18,20). The van der Waals surface area contributed by atoms with E-state index >= 15 is 0 Å². The minimum atomic E-state index is -0.882. The second-order valence-electron chi connectivity index (χ2n) is 5.56. The fourth-order valence-electron chi connectivity index (χ4n) is 2.56. The lowest BCUT2D eigenvalue weighted by molar-refractivity contribution is -0.385. The highest BCUT2D eigenvalue weighted by Gasteiger charge is 2.21. The van der Waals surface area contributed by atoms with Crippen molar-refractivity contribution in [2.75, 3.05) is 13.2 Å². The van der Waals surface area contributed by atoms with Crippen molar-refractivity contribution in [1.82, 2.24) is 5.32 Å². The molecule has 0 spiro atoms. The van der Waals surface area contributed by atoms with Crippen molar-refractivity contribution in [3.8, 4) is 0 Å². The van der Waals surface area contributed by atoms with Crippen LogP contribution >= 0.6 is 0 Å². The third-order valence-electron chi connectivity index (χ3n) is 3.81. The van der Waals surface area contributed by atoms with Crippen LogP contribution < -0.4 is 5.32 Å². The predicted molar refractivity (Wildman–Crippen MR) is 87.6 cm³/mol. The smallest absolute Gasteiger partial charge is 0.345 e. The Bertz CT molecular complexity index is 654. The molecule has 1 N–H and O–H groups in total. The molecule has 0 bridgehead atoms. The van der Waals surface area contributed by atoms with Gasteiger partial charge in [0.15, 0.2) is 6.61 Å². The van der Waals surface area contributed by atoms with E-state index in [2.05, 4.69) is 11.4 Å². The summed E-state index contributed by atoms with van der Waals surface area (Å²) in [7, 11) is 0. The Morgan fingerprint density at radius 1 is 1.25 bits per heavy atom. The first kappa shape index (κ1) is 17.7. The lowest BCUT2D eigenvalue weighted by Crippen LogP contribution is -2.30. The van der Waals surface area contributed by atoms with Gasteiger partial charge in [-0.15, -0.1) is 0 Å². The highest BCUT2D eigenvalue weighted by Crippen LogP contribution is 2.19. The number of hydrogen-bond donors (Lipinski definition) is 1. The number of para-hydroxylation sites is 1. The average Bonchev–Trinajstić information content (AvgIpc) is 2.60. The number of nitrogens with one attached hydrogen (secondary N) is 1. The summed E-state index contributed by atoms with van der Waals surface area (Å²) in [4.78, 5) is 33.8. The van der Waals surface area contributed by atoms with Gasteiger partial charge in [-0.3, -0.25) is 14.9 Å². The van der Waals surface area contributed by atoms with E-state index in [-0.39, 0.29) is 11.3 Å². The largest absolute Gasteiger partial charge is 0.452 e. The highest BCUT2D eigenvalue weighted by molar-refractivity contribution is 5.95. The van der Waals surface area contributed by atoms with E-state index in [0.29, 0.717) is 6.54 Å². The van der Waals surface area contributed by atoms with Gasteiger partial charge in [-0.1, -0.05) is 23.8 Å². The molecule has 0 atom stereocenters. The van der Waals surface area contributed by atoms with Gasteiger partial charge in [-0.05, 0) is 38.2 Å². The van der Waals surface area contributed by atoms with Crippen LogP contribution in [0.15, 0.2) is 35.9 Å². The number of benzene rings is 1. The number of allylic oxidation sites excluding steroid dienone is 1. The summed E-state index contributed by atoms with van der Waals surface area (Å²) in [5.74, 6) is -1.30. The van der Waals surface area contributed by atoms with Crippen molar-refractivity contribution >= 4 is 17.6 Å². The van der Waals surface area contributed by atoms with Gasteiger partial charge in [0, 0.05) is 12.6 Å². The third-order valence-corrected chi connectivity index (χ3v) is 3.81. The van der Waals surface area contributed by atoms with Gasteiger partial charge in [0.05, 0.1) is 4.92 Å². The van der Waals surface area contributed by atoms with Gasteiger partial charge < -0.3 is 10.1 Å². The molecule has 1 aliphatic carbocycles. The first-order chi connectivity index (χ1) is 11.6. The Morgan fingerprint density at radius 3 is 2.75 bits per heavy atom. The van der Waals surface area contributed by atoms with E-state index in [0.717, 1.165) is 19.3 Å². The molecule has 2 rings (SSSR count). The number of nitro benzene ring substituents is 1. The Hall–Kier alpha value is -2.70. The maximum atomic E-state index is 11.9. The van der Waals surface area contributed by atoms with Crippen LogP contribution in [0.25, 0.3) is 0 Å². The molecule has 0 aromatic heterocycles. The SMILES string of the molecule is O=C(COC(=O)c1ccccc1[N+](=O)[O-])NCCC1=CCCCC1. The van der Waals surface area contributed by atoms with Gasteiger partial charge in [0.1, 0.15) is 5.56 Å². The van der Waals surface area contributed by atoms with E-state index in [1.165, 1.54) is 42.7 Å². The summed E-state index contributed by atoms with van der Waals surface area (Å²) >= 11 is 0. The van der Waals surface area contributed by atoms with E-state index in [9.17, 15) is 19.7 Å². The number of esters is 1. The Labute approximate surface area is 139 Å². The Kier molecular flexibility index (Phi) is 6.48. The van der Waals surface area contributed by atoms with Crippen molar-refractivity contribution in [1.29, 1.82) is 0 Å². The minimum absolute atomic E-state index is 0.164. The number of nitro groups is 1. The topological polar surface area (TPSA) is 98.5 Å². The summed E-state index contributed by atoms with van der Waals surface area (Å²) in [6.07, 6.45) is 7.58. The maximum absolute atomic E-state index is 11.9. The van der Waals surface area contributed by atoms with E-state index in [4.69, 9.17) is 4.74 Å². The molecular weight excluding hydrogens is 312 g/mol. The van der Waals surface area contributed by atoms with Crippen LogP contribution in [0.4, 0.5) is 5.69 Å². The van der Waals surface area contributed by atoms with Gasteiger partial charge in [0.25, 0.3) is 11.6 Å². The first-order valence-corrected chi connectivity index (χ1v) is 7.93. The zero-order valence-corrected chi connectivity index (χ0v) is 13.3. The van der Waals surface area contributed by atoms with Gasteiger partial charge in [-0.25, -0.2) is 4.79 Å². The summed E-state index contributed by atoms with van der Waals surface area (Å²) < 4.78 is 4.85. The second-order valence-corrected chi connectivity index (χ2v) is 5.56. The fraction of sp³-hybridized carbons (Fsp3) is 0.412. The Morgan fingerprint density at radius 2 is 2.04 bits per heavy atom. The summed E-state index contributed by atoms with van der Waals surface area (Å²) in [5.41, 5.74) is 0.841. The molecule has 7 nitrogen and oxygen atoms in total.